The van der Waals surface area contributed by atoms with Crippen LogP contribution in [-0.2, 0) is 17.8 Å². The van der Waals surface area contributed by atoms with Crippen molar-refractivity contribution >= 4 is 28.5 Å². The van der Waals surface area contributed by atoms with Gasteiger partial charge in [-0.1, -0.05) is 41.9 Å². The number of carboxylic acids is 1. The summed E-state index contributed by atoms with van der Waals surface area (Å²) in [7, 11) is 0. The number of nitrogens with one attached hydrogen (secondary N) is 2. The number of hydrogen-bond donors (Lipinski definition) is 3. The van der Waals surface area contributed by atoms with Crippen LogP contribution in [-0.4, -0.2) is 22.1 Å². The minimum absolute atomic E-state index is 0.417. The highest BCUT2D eigenvalue weighted by atomic mass is 35.5. The van der Waals surface area contributed by atoms with Gasteiger partial charge in [0.1, 0.15) is 6.04 Å². The standard InChI is InChI=1S/C18H17ClN2O2/c19-14-5-3-4-12(8-14)10-20-17(18(22)23)9-13-11-21-16-7-2-1-6-15(13)16/h1-8,11,17,20-21H,9-10H2,(H,22,23)/t17-/m0/s1. The van der Waals surface area contributed by atoms with E-state index in [2.05, 4.69) is 10.3 Å². The van der Waals surface area contributed by atoms with Gasteiger partial charge in [-0.05, 0) is 29.3 Å². The van der Waals surface area contributed by atoms with Crippen LogP contribution >= 0.6 is 11.6 Å². The zero-order valence-corrected chi connectivity index (χ0v) is 13.2. The number of benzene rings is 2. The smallest absolute Gasteiger partial charge is 0.321 e. The van der Waals surface area contributed by atoms with Crippen LogP contribution in [0.1, 0.15) is 11.1 Å². The van der Waals surface area contributed by atoms with Crippen molar-refractivity contribution in [3.05, 3.63) is 70.9 Å². The normalized spacial score (nSPS) is 12.4. The van der Waals surface area contributed by atoms with Crippen molar-refractivity contribution in [1.29, 1.82) is 0 Å². The molecular formula is C18H17ClN2O2. The van der Waals surface area contributed by atoms with Crippen LogP contribution in [0.25, 0.3) is 10.9 Å². The molecule has 118 valence electrons. The summed E-state index contributed by atoms with van der Waals surface area (Å²) in [5, 5.41) is 14.3. The summed E-state index contributed by atoms with van der Waals surface area (Å²) < 4.78 is 0. The van der Waals surface area contributed by atoms with Crippen molar-refractivity contribution < 1.29 is 9.90 Å². The Morgan fingerprint density at radius 1 is 1.22 bits per heavy atom. The minimum atomic E-state index is -0.864. The second-order valence-corrected chi connectivity index (χ2v) is 5.90. The summed E-state index contributed by atoms with van der Waals surface area (Å²) in [6, 6.07) is 14.6. The zero-order chi connectivity index (χ0) is 16.2. The third-order valence-electron chi connectivity index (χ3n) is 3.84. The number of fused-ring (bicyclic) bond motifs is 1. The van der Waals surface area contributed by atoms with E-state index < -0.39 is 12.0 Å². The molecule has 3 aromatic rings. The van der Waals surface area contributed by atoms with E-state index in [-0.39, 0.29) is 0 Å². The molecule has 4 nitrogen and oxygen atoms in total. The van der Waals surface area contributed by atoms with Gasteiger partial charge in [-0.25, -0.2) is 0 Å². The molecule has 0 aliphatic rings. The zero-order valence-electron chi connectivity index (χ0n) is 12.4. The van der Waals surface area contributed by atoms with Gasteiger partial charge in [0.25, 0.3) is 0 Å². The Morgan fingerprint density at radius 2 is 2.04 bits per heavy atom. The minimum Gasteiger partial charge on any atom is -0.480 e. The first kappa shape index (κ1) is 15.6. The summed E-state index contributed by atoms with van der Waals surface area (Å²) in [5.74, 6) is -0.864. The van der Waals surface area contributed by atoms with Crippen LogP contribution in [0.2, 0.25) is 5.02 Å². The van der Waals surface area contributed by atoms with Crippen molar-refractivity contribution in [1.82, 2.24) is 10.3 Å². The predicted octanol–water partition coefficient (Wildman–Crippen LogP) is 3.61. The fourth-order valence-electron chi connectivity index (χ4n) is 2.66. The van der Waals surface area contributed by atoms with E-state index in [4.69, 9.17) is 11.6 Å². The molecular weight excluding hydrogens is 312 g/mol. The lowest BCUT2D eigenvalue weighted by Crippen LogP contribution is -2.38. The third kappa shape index (κ3) is 3.73. The van der Waals surface area contributed by atoms with Crippen LogP contribution in [0.3, 0.4) is 0 Å². The van der Waals surface area contributed by atoms with Crippen LogP contribution in [0, 0.1) is 0 Å². The fourth-order valence-corrected chi connectivity index (χ4v) is 2.87. The van der Waals surface area contributed by atoms with E-state index in [9.17, 15) is 9.90 Å². The maximum atomic E-state index is 11.6. The third-order valence-corrected chi connectivity index (χ3v) is 4.07. The van der Waals surface area contributed by atoms with Gasteiger partial charge < -0.3 is 15.4 Å². The number of carbonyl (C=O) groups is 1. The molecule has 0 amide bonds. The monoisotopic (exact) mass is 328 g/mol. The van der Waals surface area contributed by atoms with Crippen LogP contribution in [0.15, 0.2) is 54.7 Å². The van der Waals surface area contributed by atoms with E-state index >= 15 is 0 Å². The Labute approximate surface area is 139 Å². The molecule has 1 heterocycles. The number of hydrogen-bond acceptors (Lipinski definition) is 2. The van der Waals surface area contributed by atoms with Crippen molar-refractivity contribution in [3.8, 4) is 0 Å². The molecule has 3 N–H and O–H groups in total. The highest BCUT2D eigenvalue weighted by Crippen LogP contribution is 2.19. The largest absolute Gasteiger partial charge is 0.480 e. The number of rotatable bonds is 6. The number of carboxylic acid groups (broad SMARTS) is 1. The molecule has 0 aliphatic heterocycles. The SMILES string of the molecule is O=C(O)[C@H](Cc1c[nH]c2ccccc12)NCc1cccc(Cl)c1. The lowest BCUT2D eigenvalue weighted by molar-refractivity contribution is -0.139. The summed E-state index contributed by atoms with van der Waals surface area (Å²) in [6.45, 7) is 0.458. The maximum Gasteiger partial charge on any atom is 0.321 e. The second kappa shape index (κ2) is 6.86. The first-order chi connectivity index (χ1) is 11.1. The number of aliphatic carboxylic acids is 1. The average Bonchev–Trinajstić information content (AvgIpc) is 2.94. The number of aromatic nitrogens is 1. The van der Waals surface area contributed by atoms with Gasteiger partial charge in [0.2, 0.25) is 0 Å². The van der Waals surface area contributed by atoms with Crippen LogP contribution < -0.4 is 5.32 Å². The molecule has 0 spiro atoms. The molecule has 3 rings (SSSR count). The van der Waals surface area contributed by atoms with Crippen molar-refractivity contribution in [2.75, 3.05) is 0 Å². The van der Waals surface area contributed by atoms with Crippen molar-refractivity contribution in [2.45, 2.75) is 19.0 Å². The number of aromatic amines is 1. The van der Waals surface area contributed by atoms with E-state index in [0.29, 0.717) is 18.0 Å². The van der Waals surface area contributed by atoms with Gasteiger partial charge >= 0.3 is 5.97 Å². The van der Waals surface area contributed by atoms with Crippen LogP contribution in [0.4, 0.5) is 0 Å². The Balaban J connectivity index is 1.73. The lowest BCUT2D eigenvalue weighted by Gasteiger charge is -2.14. The van der Waals surface area contributed by atoms with Gasteiger partial charge in [0.15, 0.2) is 0 Å². The van der Waals surface area contributed by atoms with E-state index in [1.54, 1.807) is 6.07 Å². The van der Waals surface area contributed by atoms with Crippen molar-refractivity contribution in [3.63, 3.8) is 0 Å². The molecule has 0 saturated carbocycles. The maximum absolute atomic E-state index is 11.6. The van der Waals surface area contributed by atoms with E-state index in [0.717, 1.165) is 22.0 Å². The van der Waals surface area contributed by atoms with Gasteiger partial charge in [0, 0.05) is 35.1 Å². The first-order valence-electron chi connectivity index (χ1n) is 7.39. The van der Waals surface area contributed by atoms with Gasteiger partial charge in [-0.3, -0.25) is 4.79 Å². The quantitative estimate of drug-likeness (QED) is 0.647. The highest BCUT2D eigenvalue weighted by Gasteiger charge is 2.19. The fraction of sp³-hybridized carbons (Fsp3) is 0.167. The van der Waals surface area contributed by atoms with E-state index in [1.165, 1.54) is 0 Å². The molecule has 23 heavy (non-hydrogen) atoms. The summed E-state index contributed by atoms with van der Waals surface area (Å²) in [6.07, 6.45) is 2.29. The molecule has 5 heteroatoms. The molecule has 1 aromatic heterocycles. The molecule has 0 fully saturated rings. The predicted molar refractivity (Wildman–Crippen MR) is 91.7 cm³/mol. The summed E-state index contributed by atoms with van der Waals surface area (Å²) >= 11 is 5.95. The molecule has 0 aliphatic carbocycles. The van der Waals surface area contributed by atoms with Gasteiger partial charge in [-0.15, -0.1) is 0 Å². The number of halogens is 1. The Kier molecular flexibility index (Phi) is 4.65. The lowest BCUT2D eigenvalue weighted by atomic mass is 10.0. The summed E-state index contributed by atoms with van der Waals surface area (Å²) in [5.41, 5.74) is 2.97. The van der Waals surface area contributed by atoms with Gasteiger partial charge in [0.05, 0.1) is 0 Å². The van der Waals surface area contributed by atoms with E-state index in [1.807, 2.05) is 48.7 Å². The number of H-pyrrole nitrogens is 1. The topological polar surface area (TPSA) is 65.1 Å². The van der Waals surface area contributed by atoms with Crippen LogP contribution in [0.5, 0.6) is 0 Å². The molecule has 0 radical (unpaired) electrons. The molecule has 0 bridgehead atoms. The van der Waals surface area contributed by atoms with Gasteiger partial charge in [-0.2, -0.15) is 0 Å². The molecule has 0 unspecified atom stereocenters. The Bertz CT molecular complexity index is 829. The number of para-hydroxylation sites is 1. The Hall–Kier alpha value is -2.30. The first-order valence-corrected chi connectivity index (χ1v) is 7.77. The average molecular weight is 329 g/mol. The molecule has 0 saturated heterocycles. The van der Waals surface area contributed by atoms with Crippen molar-refractivity contribution in [2.24, 2.45) is 0 Å². The second-order valence-electron chi connectivity index (χ2n) is 5.47. The Morgan fingerprint density at radius 3 is 2.83 bits per heavy atom. The summed E-state index contributed by atoms with van der Waals surface area (Å²) in [4.78, 5) is 14.7. The molecule has 2 aromatic carbocycles. The highest BCUT2D eigenvalue weighted by molar-refractivity contribution is 6.30. The molecule has 1 atom stereocenters.